The number of halogens is 1. The van der Waals surface area contributed by atoms with Crippen molar-refractivity contribution in [3.05, 3.63) is 12.4 Å². The molecule has 0 unspecified atom stereocenters. The fourth-order valence-corrected chi connectivity index (χ4v) is 1.02. The minimum atomic E-state index is -2.60. The topological polar surface area (TPSA) is 72.8 Å². The summed E-state index contributed by atoms with van der Waals surface area (Å²) in [5.41, 5.74) is 0. The van der Waals surface area contributed by atoms with Crippen molar-refractivity contribution in [1.82, 2.24) is 9.80 Å². The van der Waals surface area contributed by atoms with Gasteiger partial charge in [0.2, 0.25) is 0 Å². The van der Waals surface area contributed by atoms with Crippen molar-refractivity contribution >= 4 is 0 Å². The largest absolute Gasteiger partial charge is 0.362 e. The summed E-state index contributed by atoms with van der Waals surface area (Å²) in [4.78, 5) is 4.48. The number of hydrogen-bond acceptors (Lipinski definition) is 5. The van der Waals surface area contributed by atoms with Crippen LogP contribution in [-0.2, 0) is 0 Å². The number of hydrogen-bond donors (Lipinski definition) is 1. The third-order valence-electron chi connectivity index (χ3n) is 1.45. The highest BCUT2D eigenvalue weighted by Gasteiger charge is 2.04. The predicted octanol–water partition coefficient (Wildman–Crippen LogP) is -1.86. The Morgan fingerprint density at radius 3 is 2.31 bits per heavy atom. The van der Waals surface area contributed by atoms with Gasteiger partial charge in [-0.05, 0) is 6.42 Å². The van der Waals surface area contributed by atoms with E-state index >= 15 is 0 Å². The zero-order valence-electron chi connectivity index (χ0n) is 7.81. The van der Waals surface area contributed by atoms with Gasteiger partial charge >= 0.3 is 0 Å². The van der Waals surface area contributed by atoms with Crippen LogP contribution in [0.15, 0.2) is 12.4 Å². The van der Waals surface area contributed by atoms with E-state index < -0.39 is 10.8 Å². The van der Waals surface area contributed by atoms with Crippen LogP contribution in [0.3, 0.4) is 0 Å². The highest BCUT2D eigenvalue weighted by atomic mass is 35.6. The van der Waals surface area contributed by atoms with Gasteiger partial charge in [-0.1, -0.05) is 6.92 Å². The van der Waals surface area contributed by atoms with Crippen LogP contribution in [0.1, 0.15) is 13.3 Å². The Kier molecular flexibility index (Phi) is 6.70. The SMILES string of the molecule is CCCN1C=CN(C)C1.[O-][Cl+2]([O-])O. The Morgan fingerprint density at radius 2 is 2.00 bits per heavy atom. The monoisotopic (exact) mass is 210 g/mol. The Hall–Kier alpha value is -0.490. The molecule has 0 amide bonds. The van der Waals surface area contributed by atoms with Gasteiger partial charge < -0.3 is 19.1 Å². The van der Waals surface area contributed by atoms with Crippen molar-refractivity contribution in [1.29, 1.82) is 0 Å². The molecule has 0 radical (unpaired) electrons. The summed E-state index contributed by atoms with van der Waals surface area (Å²) in [7, 11) is -0.512. The van der Waals surface area contributed by atoms with E-state index in [9.17, 15) is 0 Å². The van der Waals surface area contributed by atoms with Crippen molar-refractivity contribution in [2.75, 3.05) is 20.3 Å². The lowest BCUT2D eigenvalue weighted by Crippen LogP contribution is -2.30. The minimum absolute atomic E-state index is 1.06. The molecule has 1 aliphatic rings. The van der Waals surface area contributed by atoms with E-state index in [1.165, 1.54) is 13.0 Å². The van der Waals surface area contributed by atoms with E-state index in [0.29, 0.717) is 0 Å². The summed E-state index contributed by atoms with van der Waals surface area (Å²) in [6.45, 7) is 4.45. The summed E-state index contributed by atoms with van der Waals surface area (Å²) in [5.74, 6) is 0. The molecule has 6 heteroatoms. The molecule has 1 aliphatic heterocycles. The van der Waals surface area contributed by atoms with Crippen molar-refractivity contribution in [2.24, 2.45) is 0 Å². The molecule has 0 saturated carbocycles. The second-order valence-electron chi connectivity index (χ2n) is 2.71. The highest BCUT2D eigenvalue weighted by molar-refractivity contribution is 4.87. The third-order valence-corrected chi connectivity index (χ3v) is 1.45. The molecule has 0 aromatic carbocycles. The van der Waals surface area contributed by atoms with Gasteiger partial charge in [-0.2, -0.15) is 0 Å². The van der Waals surface area contributed by atoms with Crippen LogP contribution in [0.5, 0.6) is 0 Å². The van der Waals surface area contributed by atoms with Crippen LogP contribution in [0.25, 0.3) is 0 Å². The molecule has 5 nitrogen and oxygen atoms in total. The molecule has 0 bridgehead atoms. The van der Waals surface area contributed by atoms with Gasteiger partial charge in [-0.3, -0.25) is 0 Å². The summed E-state index contributed by atoms with van der Waals surface area (Å²) in [6, 6.07) is 0. The molecule has 1 heterocycles. The molecule has 13 heavy (non-hydrogen) atoms. The van der Waals surface area contributed by atoms with Crippen molar-refractivity contribution in [3.63, 3.8) is 0 Å². The standard InChI is InChI=1S/C7H14N2.ClHO3/c1-3-4-9-6-5-8(2)7-9;2-1(3)4/h5-6H,3-4,7H2,1-2H3;2H. The summed E-state index contributed by atoms with van der Waals surface area (Å²) >= 11 is 0. The van der Waals surface area contributed by atoms with Crippen molar-refractivity contribution in [3.8, 4) is 0 Å². The minimum Gasteiger partial charge on any atom is -0.362 e. The van der Waals surface area contributed by atoms with E-state index in [2.05, 4.69) is 36.2 Å². The Bertz CT molecular complexity index is 152. The van der Waals surface area contributed by atoms with Crippen LogP contribution in [-0.4, -0.2) is 34.7 Å². The molecule has 0 atom stereocenters. The number of nitrogens with zero attached hydrogens (tertiary/aromatic N) is 2. The maximum atomic E-state index is 8.52. The molecule has 78 valence electrons. The average molecular weight is 211 g/mol. The van der Waals surface area contributed by atoms with E-state index in [1.807, 2.05) is 0 Å². The van der Waals surface area contributed by atoms with Gasteiger partial charge in [-0.15, -0.1) is 0 Å². The van der Waals surface area contributed by atoms with Crippen LogP contribution >= 0.6 is 0 Å². The smallest absolute Gasteiger partial charge is 0.282 e. The second kappa shape index (κ2) is 6.97. The molecule has 0 aliphatic carbocycles. The lowest BCUT2D eigenvalue weighted by Gasteiger charge is -2.16. The fourth-order valence-electron chi connectivity index (χ4n) is 1.02. The zero-order valence-corrected chi connectivity index (χ0v) is 8.57. The maximum absolute atomic E-state index is 8.52. The van der Waals surface area contributed by atoms with E-state index in [4.69, 9.17) is 14.0 Å². The van der Waals surface area contributed by atoms with Gasteiger partial charge in [0.15, 0.2) is 0 Å². The first-order chi connectivity index (χ1) is 6.06. The van der Waals surface area contributed by atoms with Crippen LogP contribution in [0.2, 0.25) is 0 Å². The first-order valence-corrected chi connectivity index (χ1v) is 4.89. The molecule has 1 rings (SSSR count). The van der Waals surface area contributed by atoms with Gasteiger partial charge in [-0.25, -0.2) is 0 Å². The lowest BCUT2D eigenvalue weighted by atomic mass is 10.4. The Labute approximate surface area is 81.3 Å². The summed E-state index contributed by atoms with van der Waals surface area (Å²) < 4.78 is 24.0. The zero-order chi connectivity index (χ0) is 10.3. The highest BCUT2D eigenvalue weighted by Crippen LogP contribution is 2.02. The predicted molar refractivity (Wildman–Crippen MR) is 41.0 cm³/mol. The second-order valence-corrected chi connectivity index (χ2v) is 3.11. The Morgan fingerprint density at radius 1 is 1.46 bits per heavy atom. The van der Waals surface area contributed by atoms with Gasteiger partial charge in [0, 0.05) is 30.7 Å². The van der Waals surface area contributed by atoms with Crippen molar-refractivity contribution in [2.45, 2.75) is 13.3 Å². The molecule has 0 saturated heterocycles. The molecular formula is C7H15ClN2O3. The fraction of sp³-hybridized carbons (Fsp3) is 0.714. The third kappa shape index (κ3) is 7.86. The molecule has 0 aromatic heterocycles. The lowest BCUT2D eigenvalue weighted by molar-refractivity contribution is -1.63. The first kappa shape index (κ1) is 12.5. The van der Waals surface area contributed by atoms with Crippen LogP contribution in [0.4, 0.5) is 0 Å². The molecule has 0 aromatic rings. The summed E-state index contributed by atoms with van der Waals surface area (Å²) in [5, 5.41) is 0. The van der Waals surface area contributed by atoms with Gasteiger partial charge in [0.25, 0.3) is 10.8 Å². The Balaban J connectivity index is 0.000000310. The maximum Gasteiger partial charge on any atom is 0.282 e. The first-order valence-electron chi connectivity index (χ1n) is 3.93. The average Bonchev–Trinajstić information content (AvgIpc) is 2.35. The normalized spacial score (nSPS) is 14.9. The van der Waals surface area contributed by atoms with E-state index in [-0.39, 0.29) is 0 Å². The molecule has 0 fully saturated rings. The quantitative estimate of drug-likeness (QED) is 0.579. The van der Waals surface area contributed by atoms with Gasteiger partial charge in [0.05, 0.1) is 6.67 Å². The number of rotatable bonds is 2. The van der Waals surface area contributed by atoms with Gasteiger partial charge in [0.1, 0.15) is 0 Å². The van der Waals surface area contributed by atoms with Crippen molar-refractivity contribution < 1.29 is 24.8 Å². The molecular weight excluding hydrogens is 196 g/mol. The molecule has 1 N–H and O–H groups in total. The van der Waals surface area contributed by atoms with Crippen LogP contribution in [0, 0.1) is 10.8 Å². The van der Waals surface area contributed by atoms with E-state index in [0.717, 1.165) is 6.67 Å². The van der Waals surface area contributed by atoms with Crippen LogP contribution < -0.4 is 9.32 Å². The van der Waals surface area contributed by atoms with E-state index in [1.54, 1.807) is 0 Å². The summed E-state index contributed by atoms with van der Waals surface area (Å²) in [6.07, 6.45) is 5.48. The molecule has 0 spiro atoms.